The first-order valence-corrected chi connectivity index (χ1v) is 8.39. The van der Waals surface area contributed by atoms with Crippen LogP contribution in [-0.2, 0) is 21.3 Å². The number of rotatable bonds is 9. The monoisotopic (exact) mass is 318 g/mol. The Balaban J connectivity index is 3.00. The summed E-state index contributed by atoms with van der Waals surface area (Å²) in [5.41, 5.74) is 0.543. The summed E-state index contributed by atoms with van der Waals surface area (Å²) in [6.07, 6.45) is 0.937. The van der Waals surface area contributed by atoms with Crippen molar-refractivity contribution in [2.45, 2.75) is 37.8 Å². The fourth-order valence-electron chi connectivity index (χ4n) is 1.94. The summed E-state index contributed by atoms with van der Waals surface area (Å²) in [4.78, 5) is -0.0333. The summed E-state index contributed by atoms with van der Waals surface area (Å²) < 4.78 is 45.5. The maximum atomic E-state index is 13.4. The molecular formula is C14H23FN2O3S. The molecule has 0 radical (unpaired) electrons. The lowest BCUT2D eigenvalue weighted by molar-refractivity contribution is 0.180. The Morgan fingerprint density at radius 2 is 2.10 bits per heavy atom. The minimum Gasteiger partial charge on any atom is -0.383 e. The second kappa shape index (κ2) is 8.43. The average molecular weight is 318 g/mol. The fourth-order valence-corrected chi connectivity index (χ4v) is 3.41. The van der Waals surface area contributed by atoms with Crippen molar-refractivity contribution >= 4 is 10.0 Å². The van der Waals surface area contributed by atoms with Crippen molar-refractivity contribution in [3.8, 4) is 0 Å². The Morgan fingerprint density at radius 1 is 1.38 bits per heavy atom. The van der Waals surface area contributed by atoms with Gasteiger partial charge in [-0.25, -0.2) is 17.5 Å². The van der Waals surface area contributed by atoms with E-state index in [4.69, 9.17) is 4.74 Å². The first-order chi connectivity index (χ1) is 9.90. The normalized spacial score (nSPS) is 13.3. The zero-order valence-corrected chi connectivity index (χ0v) is 13.5. The van der Waals surface area contributed by atoms with Crippen LogP contribution < -0.4 is 10.0 Å². The van der Waals surface area contributed by atoms with E-state index >= 15 is 0 Å². The highest BCUT2D eigenvalue weighted by Crippen LogP contribution is 2.18. The van der Waals surface area contributed by atoms with Crippen LogP contribution in [0.5, 0.6) is 0 Å². The summed E-state index contributed by atoms with van der Waals surface area (Å²) in [7, 11) is -2.29. The molecule has 1 unspecified atom stereocenters. The van der Waals surface area contributed by atoms with E-state index in [1.807, 2.05) is 6.92 Å². The van der Waals surface area contributed by atoms with E-state index in [9.17, 15) is 12.8 Å². The maximum absolute atomic E-state index is 13.4. The molecule has 7 heteroatoms. The molecule has 2 N–H and O–H groups in total. The van der Waals surface area contributed by atoms with E-state index in [1.54, 1.807) is 6.92 Å². The van der Waals surface area contributed by atoms with Crippen LogP contribution in [-0.4, -0.2) is 34.7 Å². The van der Waals surface area contributed by atoms with Gasteiger partial charge in [0.2, 0.25) is 10.0 Å². The van der Waals surface area contributed by atoms with Crippen molar-refractivity contribution in [1.82, 2.24) is 10.0 Å². The molecule has 1 aromatic rings. The average Bonchev–Trinajstić information content (AvgIpc) is 2.40. The van der Waals surface area contributed by atoms with Gasteiger partial charge in [-0.15, -0.1) is 0 Å². The van der Waals surface area contributed by atoms with Gasteiger partial charge in [-0.3, -0.25) is 0 Å². The van der Waals surface area contributed by atoms with Crippen molar-refractivity contribution < 1.29 is 17.5 Å². The molecule has 0 saturated carbocycles. The zero-order valence-electron chi connectivity index (χ0n) is 12.6. The summed E-state index contributed by atoms with van der Waals surface area (Å²) in [5.74, 6) is -0.575. The van der Waals surface area contributed by atoms with Gasteiger partial charge in [-0.1, -0.05) is 13.0 Å². The highest BCUT2D eigenvalue weighted by Gasteiger charge is 2.21. The van der Waals surface area contributed by atoms with E-state index < -0.39 is 15.8 Å². The number of sulfonamides is 1. The third-order valence-electron chi connectivity index (χ3n) is 2.83. The second-order valence-corrected chi connectivity index (χ2v) is 6.59. The van der Waals surface area contributed by atoms with Gasteiger partial charge in [0.1, 0.15) is 5.82 Å². The van der Waals surface area contributed by atoms with Crippen LogP contribution in [0.4, 0.5) is 4.39 Å². The van der Waals surface area contributed by atoms with Gasteiger partial charge in [0, 0.05) is 19.7 Å². The SMILES string of the molecule is CCCNCc1ccc(F)cc1S(=O)(=O)NC(C)COC. The third-order valence-corrected chi connectivity index (χ3v) is 4.51. The van der Waals surface area contributed by atoms with Gasteiger partial charge >= 0.3 is 0 Å². The smallest absolute Gasteiger partial charge is 0.241 e. The number of halogens is 1. The van der Waals surface area contributed by atoms with Crippen LogP contribution in [0.15, 0.2) is 23.1 Å². The number of methoxy groups -OCH3 is 1. The highest BCUT2D eigenvalue weighted by molar-refractivity contribution is 7.89. The lowest BCUT2D eigenvalue weighted by Gasteiger charge is -2.16. The molecule has 5 nitrogen and oxygen atoms in total. The summed E-state index contributed by atoms with van der Waals surface area (Å²) >= 11 is 0. The maximum Gasteiger partial charge on any atom is 0.241 e. The number of hydrogen-bond donors (Lipinski definition) is 2. The van der Waals surface area contributed by atoms with Crippen molar-refractivity contribution in [2.75, 3.05) is 20.3 Å². The molecule has 0 heterocycles. The Kier molecular flexibility index (Phi) is 7.24. The van der Waals surface area contributed by atoms with Crippen molar-refractivity contribution in [3.63, 3.8) is 0 Å². The van der Waals surface area contributed by atoms with Crippen LogP contribution in [0.25, 0.3) is 0 Å². The topological polar surface area (TPSA) is 67.4 Å². The van der Waals surface area contributed by atoms with Crippen molar-refractivity contribution in [1.29, 1.82) is 0 Å². The lowest BCUT2D eigenvalue weighted by atomic mass is 10.2. The number of benzene rings is 1. The van der Waals surface area contributed by atoms with Gasteiger partial charge in [-0.05, 0) is 37.6 Å². The Bertz CT molecular complexity index is 549. The van der Waals surface area contributed by atoms with Crippen molar-refractivity contribution in [2.24, 2.45) is 0 Å². The van der Waals surface area contributed by atoms with Crippen LogP contribution in [0.1, 0.15) is 25.8 Å². The Morgan fingerprint density at radius 3 is 2.71 bits per heavy atom. The molecule has 0 aliphatic heterocycles. The van der Waals surface area contributed by atoms with Crippen LogP contribution in [0.3, 0.4) is 0 Å². The molecular weight excluding hydrogens is 295 g/mol. The lowest BCUT2D eigenvalue weighted by Crippen LogP contribution is -2.36. The Hall–Kier alpha value is -1.02. The second-order valence-electron chi connectivity index (χ2n) is 4.91. The molecule has 0 saturated heterocycles. The molecule has 1 aromatic carbocycles. The molecule has 0 spiro atoms. The largest absolute Gasteiger partial charge is 0.383 e. The summed E-state index contributed by atoms with van der Waals surface area (Å²) in [6.45, 7) is 5.10. The standard InChI is InChI=1S/C14H23FN2O3S/c1-4-7-16-9-12-5-6-13(15)8-14(12)21(18,19)17-11(2)10-20-3/h5-6,8,11,16-17H,4,7,9-10H2,1-3H3. The first-order valence-electron chi connectivity index (χ1n) is 6.91. The van der Waals surface area contributed by atoms with Gasteiger partial charge in [0.25, 0.3) is 0 Å². The van der Waals surface area contributed by atoms with E-state index in [-0.39, 0.29) is 17.5 Å². The van der Waals surface area contributed by atoms with Gasteiger partial charge in [0.05, 0.1) is 11.5 Å². The van der Waals surface area contributed by atoms with Crippen molar-refractivity contribution in [3.05, 3.63) is 29.6 Å². The molecule has 21 heavy (non-hydrogen) atoms. The van der Waals surface area contributed by atoms with Crippen LogP contribution in [0, 0.1) is 5.82 Å². The van der Waals surface area contributed by atoms with Crippen LogP contribution >= 0.6 is 0 Å². The zero-order chi connectivity index (χ0) is 15.9. The molecule has 0 aromatic heterocycles. The number of hydrogen-bond acceptors (Lipinski definition) is 4. The quantitative estimate of drug-likeness (QED) is 0.679. The predicted molar refractivity (Wildman–Crippen MR) is 80.1 cm³/mol. The molecule has 0 bridgehead atoms. The van der Waals surface area contributed by atoms with Crippen LogP contribution in [0.2, 0.25) is 0 Å². The molecule has 0 aliphatic carbocycles. The van der Waals surface area contributed by atoms with E-state index in [0.29, 0.717) is 12.1 Å². The predicted octanol–water partition coefficient (Wildman–Crippen LogP) is 1.64. The van der Waals surface area contributed by atoms with Gasteiger partial charge < -0.3 is 10.1 Å². The highest BCUT2D eigenvalue weighted by atomic mass is 32.2. The summed E-state index contributed by atoms with van der Waals surface area (Å²) in [6, 6.07) is 3.42. The first kappa shape index (κ1) is 18.0. The number of nitrogens with one attached hydrogen (secondary N) is 2. The molecule has 0 aliphatic rings. The third kappa shape index (κ3) is 5.70. The number of ether oxygens (including phenoxy) is 1. The molecule has 1 rings (SSSR count). The molecule has 0 fully saturated rings. The summed E-state index contributed by atoms with van der Waals surface area (Å²) in [5, 5.41) is 3.12. The molecule has 1 atom stereocenters. The van der Waals surface area contributed by atoms with Gasteiger partial charge in [-0.2, -0.15) is 0 Å². The fraction of sp³-hybridized carbons (Fsp3) is 0.571. The Labute approximate surface area is 125 Å². The van der Waals surface area contributed by atoms with E-state index in [1.165, 1.54) is 19.2 Å². The minimum atomic E-state index is -3.78. The van der Waals surface area contributed by atoms with E-state index in [2.05, 4.69) is 10.0 Å². The molecule has 120 valence electrons. The molecule has 0 amide bonds. The minimum absolute atomic E-state index is 0.0333. The van der Waals surface area contributed by atoms with Gasteiger partial charge in [0.15, 0.2) is 0 Å². The van der Waals surface area contributed by atoms with E-state index in [0.717, 1.165) is 19.0 Å².